The number of ketones is 1. The molecule has 0 aliphatic heterocycles. The van der Waals surface area contributed by atoms with Crippen LogP contribution in [-0.4, -0.2) is 31.6 Å². The smallest absolute Gasteiger partial charge is 0.201 e. The van der Waals surface area contributed by atoms with Gasteiger partial charge in [0.1, 0.15) is 0 Å². The maximum atomic E-state index is 11.9. The molecule has 0 saturated heterocycles. The minimum Gasteiger partial charge on any atom is -0.385 e. The number of rotatable bonds is 15. The summed E-state index contributed by atoms with van der Waals surface area (Å²) in [7, 11) is 1.77. The first-order valence-electron chi connectivity index (χ1n) is 13.5. The van der Waals surface area contributed by atoms with Crippen molar-refractivity contribution in [2.45, 2.75) is 86.0 Å². The summed E-state index contributed by atoms with van der Waals surface area (Å²) in [6.45, 7) is 13.7. The molecule has 1 aromatic carbocycles. The Bertz CT molecular complexity index is 850. The van der Waals surface area contributed by atoms with Crippen molar-refractivity contribution in [2.75, 3.05) is 25.0 Å². The third-order valence-corrected chi connectivity index (χ3v) is 7.07. The first-order chi connectivity index (χ1) is 16.4. The average molecular weight is 466 g/mol. The van der Waals surface area contributed by atoms with Gasteiger partial charge < -0.3 is 10.2 Å². The molecular weight excluding hydrogens is 418 g/mol. The van der Waals surface area contributed by atoms with Crippen molar-refractivity contribution >= 4 is 22.9 Å². The van der Waals surface area contributed by atoms with Crippen molar-refractivity contribution in [2.24, 2.45) is 16.8 Å². The Labute approximate surface area is 208 Å². The molecule has 0 spiro atoms. The molecule has 0 amide bonds. The van der Waals surface area contributed by atoms with Gasteiger partial charge in [0.15, 0.2) is 0 Å². The van der Waals surface area contributed by atoms with Gasteiger partial charge in [-0.15, -0.1) is 0 Å². The van der Waals surface area contributed by atoms with E-state index >= 15 is 0 Å². The lowest BCUT2D eigenvalue weighted by Gasteiger charge is -2.33. The van der Waals surface area contributed by atoms with Crippen molar-refractivity contribution in [3.8, 4) is 0 Å². The van der Waals surface area contributed by atoms with Crippen LogP contribution in [0.3, 0.4) is 0 Å². The zero-order valence-electron chi connectivity index (χ0n) is 22.5. The quantitative estimate of drug-likeness (QED) is 0.272. The first-order valence-corrected chi connectivity index (χ1v) is 13.5. The number of hydrogen-bond donors (Lipinski definition) is 1. The molecule has 0 aromatic heterocycles. The van der Waals surface area contributed by atoms with Crippen LogP contribution in [0, 0.1) is 18.8 Å². The number of anilines is 1. The molecule has 0 heterocycles. The number of nitrogens with one attached hydrogen (secondary N) is 1. The predicted molar refractivity (Wildman–Crippen MR) is 148 cm³/mol. The highest BCUT2D eigenvalue weighted by Gasteiger charge is 2.18. The monoisotopic (exact) mass is 465 g/mol. The number of aliphatic imine (C=N–C) groups is 1. The number of carbonyl (C=O) groups is 1. The van der Waals surface area contributed by atoms with Gasteiger partial charge >= 0.3 is 0 Å². The molecule has 1 aliphatic rings. The van der Waals surface area contributed by atoms with Gasteiger partial charge in [-0.1, -0.05) is 66.2 Å². The molecular formula is C30H47N3O. The average Bonchev–Trinajstić information content (AvgIpc) is 2.85. The van der Waals surface area contributed by atoms with E-state index in [1.54, 1.807) is 19.2 Å². The van der Waals surface area contributed by atoms with Gasteiger partial charge in [-0.3, -0.25) is 4.79 Å². The van der Waals surface area contributed by atoms with E-state index in [1.807, 2.05) is 6.08 Å². The zero-order valence-corrected chi connectivity index (χ0v) is 22.5. The lowest BCUT2D eigenvalue weighted by Crippen LogP contribution is -2.34. The van der Waals surface area contributed by atoms with Crippen LogP contribution in [0.25, 0.3) is 0 Å². The highest BCUT2D eigenvalue weighted by atomic mass is 16.1. The summed E-state index contributed by atoms with van der Waals surface area (Å²) in [5, 5.41) is 2.96. The van der Waals surface area contributed by atoms with Crippen LogP contribution in [0.1, 0.15) is 84.6 Å². The summed E-state index contributed by atoms with van der Waals surface area (Å²) >= 11 is 0. The second-order valence-electron chi connectivity index (χ2n) is 9.75. The van der Waals surface area contributed by atoms with Crippen LogP contribution in [0.2, 0.25) is 0 Å². The fraction of sp³-hybridized carbons (Fsp3) is 0.600. The molecule has 1 aliphatic carbocycles. The first kappa shape index (κ1) is 27.9. The maximum Gasteiger partial charge on any atom is 0.201 e. The van der Waals surface area contributed by atoms with Crippen molar-refractivity contribution in [3.63, 3.8) is 0 Å². The summed E-state index contributed by atoms with van der Waals surface area (Å²) in [5.74, 6) is 1.46. The zero-order chi connectivity index (χ0) is 24.9. The standard InChI is InChI=1S/C30H47N3O/c1-7-11-13-24(9-3)21-33(22-25(10-4)14-12-8-2)27-16-17-28(23(5)19-27)32-26-15-18-30(34)29(20-26)31-6/h15-20,24-25,31H,7-14,21-22H2,1-6H3/b32-26-. The molecule has 2 unspecified atom stereocenters. The van der Waals surface area contributed by atoms with E-state index in [0.29, 0.717) is 5.70 Å². The third-order valence-electron chi connectivity index (χ3n) is 7.07. The number of unbranched alkanes of at least 4 members (excludes halogenated alkanes) is 2. The van der Waals surface area contributed by atoms with E-state index in [-0.39, 0.29) is 5.78 Å². The Kier molecular flexibility index (Phi) is 12.1. The van der Waals surface area contributed by atoms with Gasteiger partial charge in [-0.2, -0.15) is 0 Å². The van der Waals surface area contributed by atoms with E-state index in [0.717, 1.165) is 36.3 Å². The van der Waals surface area contributed by atoms with Crippen molar-refractivity contribution in [3.05, 3.63) is 47.7 Å². The van der Waals surface area contributed by atoms with E-state index in [4.69, 9.17) is 4.99 Å². The van der Waals surface area contributed by atoms with Crippen LogP contribution in [-0.2, 0) is 4.79 Å². The lowest BCUT2D eigenvalue weighted by atomic mass is 9.95. The maximum absolute atomic E-state index is 11.9. The van der Waals surface area contributed by atoms with Gasteiger partial charge in [-0.25, -0.2) is 4.99 Å². The minimum atomic E-state index is -0.00809. The number of allylic oxidation sites excluding steroid dienone is 3. The van der Waals surface area contributed by atoms with Gasteiger partial charge in [0.2, 0.25) is 5.78 Å². The molecule has 0 radical (unpaired) electrons. The highest BCUT2D eigenvalue weighted by molar-refractivity contribution is 6.19. The topological polar surface area (TPSA) is 44.7 Å². The van der Waals surface area contributed by atoms with E-state index in [1.165, 1.54) is 62.6 Å². The Balaban J connectivity index is 2.29. The van der Waals surface area contributed by atoms with Crippen LogP contribution in [0.15, 0.2) is 47.1 Å². The Morgan fingerprint density at radius 2 is 1.56 bits per heavy atom. The van der Waals surface area contributed by atoms with Gasteiger partial charge in [0, 0.05) is 25.8 Å². The normalized spacial score (nSPS) is 16.5. The molecule has 0 saturated carbocycles. The fourth-order valence-corrected chi connectivity index (χ4v) is 4.63. The predicted octanol–water partition coefficient (Wildman–Crippen LogP) is 7.55. The molecule has 2 atom stereocenters. The molecule has 4 heteroatoms. The molecule has 2 rings (SSSR count). The minimum absolute atomic E-state index is 0.00809. The fourth-order valence-electron chi connectivity index (χ4n) is 4.63. The molecule has 0 bridgehead atoms. The van der Waals surface area contributed by atoms with E-state index < -0.39 is 0 Å². The van der Waals surface area contributed by atoms with Gasteiger partial charge in [0.05, 0.1) is 17.1 Å². The largest absolute Gasteiger partial charge is 0.385 e. The SMILES string of the molecule is CCCCC(CC)CN(CC(CC)CCCC)c1ccc(/N=C2/C=CC(=O)C(NC)=C2)c(C)c1. The summed E-state index contributed by atoms with van der Waals surface area (Å²) < 4.78 is 0. The second-order valence-corrected chi connectivity index (χ2v) is 9.75. The highest BCUT2D eigenvalue weighted by Crippen LogP contribution is 2.29. The van der Waals surface area contributed by atoms with Crippen LogP contribution in [0.4, 0.5) is 11.4 Å². The number of aryl methyl sites for hydroxylation is 1. The summed E-state index contributed by atoms with van der Waals surface area (Å²) in [6, 6.07) is 6.69. The molecule has 188 valence electrons. The summed E-state index contributed by atoms with van der Waals surface area (Å²) in [6.07, 6.45) is 15.4. The number of benzene rings is 1. The Morgan fingerprint density at radius 3 is 2.06 bits per heavy atom. The van der Waals surface area contributed by atoms with Gasteiger partial charge in [0.25, 0.3) is 0 Å². The van der Waals surface area contributed by atoms with Crippen molar-refractivity contribution in [1.29, 1.82) is 0 Å². The number of carbonyl (C=O) groups excluding carboxylic acids is 1. The van der Waals surface area contributed by atoms with Crippen LogP contribution in [0.5, 0.6) is 0 Å². The molecule has 1 N–H and O–H groups in total. The second kappa shape index (κ2) is 14.8. The third kappa shape index (κ3) is 8.45. The molecule has 34 heavy (non-hydrogen) atoms. The van der Waals surface area contributed by atoms with E-state index in [9.17, 15) is 4.79 Å². The van der Waals surface area contributed by atoms with E-state index in [2.05, 4.69) is 63.0 Å². The Morgan fingerprint density at radius 1 is 0.941 bits per heavy atom. The molecule has 1 aromatic rings. The van der Waals surface area contributed by atoms with Crippen molar-refractivity contribution in [1.82, 2.24) is 5.32 Å². The summed E-state index contributed by atoms with van der Waals surface area (Å²) in [4.78, 5) is 19.4. The number of likely N-dealkylation sites (N-methyl/N-ethyl adjacent to an activating group) is 1. The molecule has 4 nitrogen and oxygen atoms in total. The number of hydrogen-bond acceptors (Lipinski definition) is 4. The summed E-state index contributed by atoms with van der Waals surface area (Å²) in [5.41, 5.74) is 4.82. The van der Waals surface area contributed by atoms with Crippen molar-refractivity contribution < 1.29 is 4.79 Å². The van der Waals surface area contributed by atoms with Crippen LogP contribution < -0.4 is 10.2 Å². The van der Waals surface area contributed by atoms with Gasteiger partial charge in [-0.05, 0) is 73.6 Å². The number of nitrogens with zero attached hydrogens (tertiary/aromatic N) is 2. The molecule has 0 fully saturated rings. The van der Waals surface area contributed by atoms with Crippen LogP contribution >= 0.6 is 0 Å². The lowest BCUT2D eigenvalue weighted by molar-refractivity contribution is -0.111. The Hall–Kier alpha value is -2.36.